The fourth-order valence-corrected chi connectivity index (χ4v) is 2.08. The molecule has 2 aromatic rings. The summed E-state index contributed by atoms with van der Waals surface area (Å²) in [7, 11) is 0. The number of nitrogens with zero attached hydrogens (tertiary/aromatic N) is 2. The van der Waals surface area contributed by atoms with Gasteiger partial charge < -0.3 is 9.88 Å². The summed E-state index contributed by atoms with van der Waals surface area (Å²) in [4.78, 5) is 16.5. The van der Waals surface area contributed by atoms with Crippen LogP contribution in [0, 0.1) is 5.82 Å². The highest BCUT2D eigenvalue weighted by Crippen LogP contribution is 2.17. The van der Waals surface area contributed by atoms with Crippen molar-refractivity contribution in [2.75, 3.05) is 5.32 Å². The molecule has 5 heteroatoms. The second-order valence-electron chi connectivity index (χ2n) is 6.04. The largest absolute Gasteiger partial charge is 0.359 e. The van der Waals surface area contributed by atoms with Crippen molar-refractivity contribution in [1.82, 2.24) is 9.55 Å². The maximum atomic E-state index is 12.9. The summed E-state index contributed by atoms with van der Waals surface area (Å²) in [5.74, 6) is 0.0168. The monoisotopic (exact) mass is 289 g/mol. The molecule has 0 amide bonds. The molecule has 1 N–H and O–H groups in total. The van der Waals surface area contributed by atoms with Gasteiger partial charge in [-0.2, -0.15) is 0 Å². The average molecular weight is 289 g/mol. The highest BCUT2D eigenvalue weighted by atomic mass is 19.1. The lowest BCUT2D eigenvalue weighted by atomic mass is 10.1. The quantitative estimate of drug-likeness (QED) is 0.943. The Kier molecular flexibility index (Phi) is 4.11. The Bertz CT molecular complexity index is 671. The van der Waals surface area contributed by atoms with Crippen LogP contribution < -0.4 is 10.9 Å². The standard InChI is InChI=1S/C16H20FN3O/c1-11(12-5-7-13(17)8-6-12)19-14-15(21)20(10-9-18-14)16(2,3)4/h5-11H,1-4H3,(H,18,19). The number of anilines is 1. The molecule has 0 radical (unpaired) electrons. The minimum absolute atomic E-state index is 0.137. The Balaban J connectivity index is 2.28. The minimum atomic E-state index is -0.310. The van der Waals surface area contributed by atoms with Crippen molar-refractivity contribution in [3.05, 3.63) is 58.4 Å². The molecule has 0 saturated heterocycles. The van der Waals surface area contributed by atoms with Gasteiger partial charge in [0, 0.05) is 17.9 Å². The van der Waals surface area contributed by atoms with Crippen LogP contribution >= 0.6 is 0 Å². The van der Waals surface area contributed by atoms with Gasteiger partial charge in [0.25, 0.3) is 5.56 Å². The molecule has 21 heavy (non-hydrogen) atoms. The Morgan fingerprint density at radius 3 is 2.43 bits per heavy atom. The Labute approximate surface area is 123 Å². The predicted molar refractivity (Wildman–Crippen MR) is 81.9 cm³/mol. The summed E-state index contributed by atoms with van der Waals surface area (Å²) in [5.41, 5.74) is 0.415. The fraction of sp³-hybridized carbons (Fsp3) is 0.375. The van der Waals surface area contributed by atoms with Gasteiger partial charge in [-0.05, 0) is 45.4 Å². The summed E-state index contributed by atoms with van der Waals surface area (Å²) in [6.45, 7) is 7.79. The zero-order chi connectivity index (χ0) is 15.6. The third-order valence-corrected chi connectivity index (χ3v) is 3.29. The second-order valence-corrected chi connectivity index (χ2v) is 6.04. The van der Waals surface area contributed by atoms with Crippen molar-refractivity contribution >= 4 is 5.82 Å². The van der Waals surface area contributed by atoms with Gasteiger partial charge in [-0.15, -0.1) is 0 Å². The van der Waals surface area contributed by atoms with Crippen LogP contribution in [0.4, 0.5) is 10.2 Å². The lowest BCUT2D eigenvalue weighted by molar-refractivity contribution is 0.383. The van der Waals surface area contributed by atoms with E-state index in [0.717, 1.165) is 5.56 Å². The van der Waals surface area contributed by atoms with Crippen molar-refractivity contribution in [2.45, 2.75) is 39.3 Å². The number of halogens is 1. The first kappa shape index (κ1) is 15.2. The van der Waals surface area contributed by atoms with Crippen LogP contribution in [0.5, 0.6) is 0 Å². The Morgan fingerprint density at radius 1 is 1.24 bits per heavy atom. The highest BCUT2D eigenvalue weighted by Gasteiger charge is 2.17. The summed E-state index contributed by atoms with van der Waals surface area (Å²) >= 11 is 0. The van der Waals surface area contributed by atoms with Crippen molar-refractivity contribution in [2.24, 2.45) is 0 Å². The summed E-state index contributed by atoms with van der Waals surface area (Å²) in [6, 6.07) is 6.05. The molecule has 4 nitrogen and oxygen atoms in total. The van der Waals surface area contributed by atoms with Crippen molar-refractivity contribution < 1.29 is 4.39 Å². The van der Waals surface area contributed by atoms with E-state index in [2.05, 4.69) is 10.3 Å². The Morgan fingerprint density at radius 2 is 1.86 bits per heavy atom. The van der Waals surface area contributed by atoms with Crippen LogP contribution in [0.2, 0.25) is 0 Å². The maximum absolute atomic E-state index is 12.9. The van der Waals surface area contributed by atoms with Crippen LogP contribution in [0.25, 0.3) is 0 Å². The molecular weight excluding hydrogens is 269 g/mol. The number of aromatic nitrogens is 2. The van der Waals surface area contributed by atoms with Gasteiger partial charge in [0.15, 0.2) is 5.82 Å². The van der Waals surface area contributed by atoms with Gasteiger partial charge in [-0.1, -0.05) is 12.1 Å². The third kappa shape index (κ3) is 3.48. The van der Waals surface area contributed by atoms with Gasteiger partial charge in [0.2, 0.25) is 0 Å². The molecule has 0 spiro atoms. The smallest absolute Gasteiger partial charge is 0.293 e. The van der Waals surface area contributed by atoms with E-state index in [1.807, 2.05) is 27.7 Å². The van der Waals surface area contributed by atoms with Crippen LogP contribution in [0.15, 0.2) is 41.5 Å². The number of rotatable bonds is 3. The molecule has 0 aliphatic rings. The molecule has 0 saturated carbocycles. The van der Waals surface area contributed by atoms with E-state index in [9.17, 15) is 9.18 Å². The van der Waals surface area contributed by atoms with Crippen LogP contribution in [-0.4, -0.2) is 9.55 Å². The molecule has 1 unspecified atom stereocenters. The van der Waals surface area contributed by atoms with Gasteiger partial charge in [-0.25, -0.2) is 9.37 Å². The van der Waals surface area contributed by atoms with Crippen LogP contribution in [0.1, 0.15) is 39.3 Å². The van der Waals surface area contributed by atoms with E-state index in [1.165, 1.54) is 12.1 Å². The average Bonchev–Trinajstić information content (AvgIpc) is 2.40. The van der Waals surface area contributed by atoms with Crippen molar-refractivity contribution in [3.8, 4) is 0 Å². The molecule has 112 valence electrons. The third-order valence-electron chi connectivity index (χ3n) is 3.29. The van der Waals surface area contributed by atoms with Gasteiger partial charge in [0.05, 0.1) is 6.04 Å². The molecule has 1 atom stereocenters. The van der Waals surface area contributed by atoms with Gasteiger partial charge in [-0.3, -0.25) is 4.79 Å². The van der Waals surface area contributed by atoms with Crippen molar-refractivity contribution in [1.29, 1.82) is 0 Å². The molecule has 0 aliphatic heterocycles. The molecule has 0 fully saturated rings. The maximum Gasteiger partial charge on any atom is 0.293 e. The lowest BCUT2D eigenvalue weighted by Gasteiger charge is -2.23. The summed E-state index contributed by atoms with van der Waals surface area (Å²) in [6.07, 6.45) is 3.28. The second kappa shape index (κ2) is 5.68. The van der Waals surface area contributed by atoms with E-state index >= 15 is 0 Å². The topological polar surface area (TPSA) is 46.9 Å². The molecule has 0 aliphatic carbocycles. The first-order valence-corrected chi connectivity index (χ1v) is 6.89. The zero-order valence-corrected chi connectivity index (χ0v) is 12.7. The van der Waals surface area contributed by atoms with E-state index < -0.39 is 0 Å². The molecule has 1 aromatic heterocycles. The van der Waals surface area contributed by atoms with Crippen molar-refractivity contribution in [3.63, 3.8) is 0 Å². The first-order valence-electron chi connectivity index (χ1n) is 6.89. The zero-order valence-electron chi connectivity index (χ0n) is 12.7. The van der Waals surface area contributed by atoms with Crippen LogP contribution in [0.3, 0.4) is 0 Å². The van der Waals surface area contributed by atoms with Gasteiger partial charge >= 0.3 is 0 Å². The fourth-order valence-electron chi connectivity index (χ4n) is 2.08. The minimum Gasteiger partial charge on any atom is -0.359 e. The number of hydrogen-bond acceptors (Lipinski definition) is 3. The number of hydrogen-bond donors (Lipinski definition) is 1. The van der Waals surface area contributed by atoms with Gasteiger partial charge in [0.1, 0.15) is 5.82 Å². The van der Waals surface area contributed by atoms with E-state index in [1.54, 1.807) is 29.1 Å². The molecule has 1 aromatic carbocycles. The summed E-state index contributed by atoms with van der Waals surface area (Å²) in [5, 5.41) is 3.09. The predicted octanol–water partition coefficient (Wildman–Crippen LogP) is 3.31. The first-order chi connectivity index (χ1) is 9.79. The molecule has 0 bridgehead atoms. The Hall–Kier alpha value is -2.17. The number of nitrogens with one attached hydrogen (secondary N) is 1. The van der Waals surface area contributed by atoms with Crippen LogP contribution in [-0.2, 0) is 5.54 Å². The lowest BCUT2D eigenvalue weighted by Crippen LogP contribution is -2.35. The van der Waals surface area contributed by atoms with E-state index in [0.29, 0.717) is 5.82 Å². The normalized spacial score (nSPS) is 13.0. The summed E-state index contributed by atoms with van der Waals surface area (Å²) < 4.78 is 14.6. The molecule has 2 rings (SSSR count). The SMILES string of the molecule is CC(Nc1nccn(C(C)(C)C)c1=O)c1ccc(F)cc1. The number of benzene rings is 1. The van der Waals surface area contributed by atoms with E-state index in [-0.39, 0.29) is 23.0 Å². The van der Waals surface area contributed by atoms with E-state index in [4.69, 9.17) is 0 Å². The molecular formula is C16H20FN3O. The highest BCUT2D eigenvalue weighted by molar-refractivity contribution is 5.36. The molecule has 1 heterocycles.